The Labute approximate surface area is 194 Å². The van der Waals surface area contributed by atoms with Gasteiger partial charge in [0, 0.05) is 36.7 Å². The maximum Gasteiger partial charge on any atom is 0.416 e. The van der Waals surface area contributed by atoms with Gasteiger partial charge in [0.25, 0.3) is 5.91 Å². The Balaban J connectivity index is 1.57. The van der Waals surface area contributed by atoms with E-state index in [1.54, 1.807) is 25.1 Å². The Morgan fingerprint density at radius 2 is 1.67 bits per heavy atom. The van der Waals surface area contributed by atoms with Gasteiger partial charge in [-0.1, -0.05) is 18.5 Å². The van der Waals surface area contributed by atoms with Gasteiger partial charge in [0.2, 0.25) is 11.8 Å². The summed E-state index contributed by atoms with van der Waals surface area (Å²) in [7, 11) is 0. The second-order valence-corrected chi connectivity index (χ2v) is 8.13. The number of benzene rings is 2. The molecule has 0 saturated carbocycles. The maximum atomic E-state index is 12.7. The number of hydrogen-bond acceptors (Lipinski definition) is 3. The first kappa shape index (κ1) is 24.6. The molecule has 0 bridgehead atoms. The molecular weight excluding hydrogens is 459 g/mol. The summed E-state index contributed by atoms with van der Waals surface area (Å²) in [5.74, 6) is -1.14. The molecule has 3 amide bonds. The molecule has 1 heterocycles. The number of rotatable bonds is 5. The minimum Gasteiger partial charge on any atom is -0.339 e. The first-order valence-corrected chi connectivity index (χ1v) is 10.8. The zero-order chi connectivity index (χ0) is 24.2. The fraction of sp³-hybridized carbons (Fsp3) is 0.348. The summed E-state index contributed by atoms with van der Waals surface area (Å²) in [6, 6.07) is 8.89. The van der Waals surface area contributed by atoms with Crippen molar-refractivity contribution >= 4 is 40.7 Å². The topological polar surface area (TPSA) is 78.5 Å². The van der Waals surface area contributed by atoms with E-state index in [0.717, 1.165) is 24.3 Å². The van der Waals surface area contributed by atoms with E-state index >= 15 is 0 Å². The maximum absolute atomic E-state index is 12.7. The number of hydrogen-bond donors (Lipinski definition) is 2. The number of piperidine rings is 1. The molecule has 2 N–H and O–H groups in total. The van der Waals surface area contributed by atoms with Crippen molar-refractivity contribution in [2.75, 3.05) is 23.7 Å². The van der Waals surface area contributed by atoms with Gasteiger partial charge in [0.15, 0.2) is 0 Å². The van der Waals surface area contributed by atoms with Crippen molar-refractivity contribution in [3.05, 3.63) is 58.6 Å². The average Bonchev–Trinajstić information content (AvgIpc) is 2.80. The van der Waals surface area contributed by atoms with Crippen molar-refractivity contribution in [2.45, 2.75) is 32.4 Å². The highest BCUT2D eigenvalue weighted by atomic mass is 35.5. The van der Waals surface area contributed by atoms with E-state index in [-0.39, 0.29) is 29.2 Å². The van der Waals surface area contributed by atoms with Crippen molar-refractivity contribution in [3.8, 4) is 0 Å². The normalized spacial score (nSPS) is 14.6. The third-order valence-corrected chi connectivity index (χ3v) is 5.77. The fourth-order valence-corrected chi connectivity index (χ4v) is 3.68. The van der Waals surface area contributed by atoms with Gasteiger partial charge in [-0.05, 0) is 55.3 Å². The van der Waals surface area contributed by atoms with Gasteiger partial charge in [-0.2, -0.15) is 13.2 Å². The van der Waals surface area contributed by atoms with Gasteiger partial charge in [-0.25, -0.2) is 0 Å². The van der Waals surface area contributed by atoms with Crippen molar-refractivity contribution in [3.63, 3.8) is 0 Å². The summed E-state index contributed by atoms with van der Waals surface area (Å²) in [6.07, 6.45) is -3.34. The van der Waals surface area contributed by atoms with Gasteiger partial charge < -0.3 is 15.5 Å². The minimum atomic E-state index is -4.46. The van der Waals surface area contributed by atoms with Gasteiger partial charge in [0.05, 0.1) is 16.3 Å². The van der Waals surface area contributed by atoms with Gasteiger partial charge in [-0.3, -0.25) is 14.4 Å². The summed E-state index contributed by atoms with van der Waals surface area (Å²) in [5.41, 5.74) is 0.243. The first-order chi connectivity index (χ1) is 15.6. The van der Waals surface area contributed by atoms with Crippen LogP contribution >= 0.6 is 11.6 Å². The molecule has 0 aromatic heterocycles. The Kier molecular flexibility index (Phi) is 7.63. The number of halogens is 4. The summed E-state index contributed by atoms with van der Waals surface area (Å²) >= 11 is 6.17. The number of amides is 3. The molecule has 3 rings (SSSR count). The van der Waals surface area contributed by atoms with E-state index < -0.39 is 11.7 Å². The van der Waals surface area contributed by atoms with Crippen LogP contribution in [0.1, 0.15) is 42.1 Å². The molecule has 0 spiro atoms. The molecule has 0 aliphatic carbocycles. The number of alkyl halides is 3. The summed E-state index contributed by atoms with van der Waals surface area (Å²) in [5, 5.41) is 5.80. The van der Waals surface area contributed by atoms with Crippen LogP contribution in [0.15, 0.2) is 42.5 Å². The van der Waals surface area contributed by atoms with Crippen molar-refractivity contribution in [1.82, 2.24) is 4.90 Å². The van der Waals surface area contributed by atoms with Crippen LogP contribution in [0.25, 0.3) is 0 Å². The highest BCUT2D eigenvalue weighted by molar-refractivity contribution is 6.33. The van der Waals surface area contributed by atoms with Crippen LogP contribution in [-0.2, 0) is 15.8 Å². The second kappa shape index (κ2) is 10.2. The monoisotopic (exact) mass is 481 g/mol. The Hall–Kier alpha value is -3.07. The lowest BCUT2D eigenvalue weighted by Crippen LogP contribution is -2.41. The highest BCUT2D eigenvalue weighted by Crippen LogP contribution is 2.30. The number of nitrogens with zero attached hydrogens (tertiary/aromatic N) is 1. The third-order valence-electron chi connectivity index (χ3n) is 5.44. The zero-order valence-electron chi connectivity index (χ0n) is 17.8. The van der Waals surface area contributed by atoms with Crippen LogP contribution < -0.4 is 10.6 Å². The predicted octanol–water partition coefficient (Wildman–Crippen LogP) is 5.20. The molecule has 33 heavy (non-hydrogen) atoms. The van der Waals surface area contributed by atoms with Crippen LogP contribution in [-0.4, -0.2) is 35.7 Å². The lowest BCUT2D eigenvalue weighted by Gasteiger charge is -2.31. The molecule has 6 nitrogen and oxygen atoms in total. The molecule has 1 saturated heterocycles. The van der Waals surface area contributed by atoms with E-state index in [2.05, 4.69) is 10.6 Å². The molecule has 0 unspecified atom stereocenters. The number of anilines is 2. The molecular formula is C23H23ClF3N3O3. The number of nitrogens with one attached hydrogen (secondary N) is 2. The quantitative estimate of drug-likeness (QED) is 0.616. The Morgan fingerprint density at radius 1 is 1.03 bits per heavy atom. The number of carbonyl (C=O) groups is 3. The molecule has 2 aromatic rings. The van der Waals surface area contributed by atoms with Gasteiger partial charge >= 0.3 is 6.18 Å². The van der Waals surface area contributed by atoms with Crippen molar-refractivity contribution < 1.29 is 27.6 Å². The van der Waals surface area contributed by atoms with Crippen molar-refractivity contribution in [2.24, 2.45) is 5.92 Å². The summed E-state index contributed by atoms with van der Waals surface area (Å²) < 4.78 is 38.1. The standard InChI is InChI=1S/C23H23ClF3N3O3/c1-2-20(31)28-17-7-8-18(24)19(13-17)29-21(32)14-9-11-30(12-10-14)22(33)15-3-5-16(6-4-15)23(25,26)27/h3-8,13-14H,2,9-12H2,1H3,(H,28,31)(H,29,32). The van der Waals surface area contributed by atoms with Crippen LogP contribution in [0.3, 0.4) is 0 Å². The molecule has 2 aromatic carbocycles. The van der Waals surface area contributed by atoms with E-state index in [1.165, 1.54) is 4.90 Å². The van der Waals surface area contributed by atoms with Crippen LogP contribution in [0, 0.1) is 5.92 Å². The van der Waals surface area contributed by atoms with E-state index in [9.17, 15) is 27.6 Å². The van der Waals surface area contributed by atoms with E-state index in [1.807, 2.05) is 0 Å². The molecule has 176 valence electrons. The fourth-order valence-electron chi connectivity index (χ4n) is 3.51. The first-order valence-electron chi connectivity index (χ1n) is 10.4. The average molecular weight is 482 g/mol. The Bertz CT molecular complexity index is 1030. The molecule has 1 aliphatic heterocycles. The molecule has 1 fully saturated rings. The zero-order valence-corrected chi connectivity index (χ0v) is 18.6. The Morgan fingerprint density at radius 3 is 2.24 bits per heavy atom. The molecule has 0 atom stereocenters. The van der Waals surface area contributed by atoms with Crippen LogP contribution in [0.4, 0.5) is 24.5 Å². The number of carbonyl (C=O) groups excluding carboxylic acids is 3. The van der Waals surface area contributed by atoms with Crippen LogP contribution in [0.5, 0.6) is 0 Å². The summed E-state index contributed by atoms with van der Waals surface area (Å²) in [4.78, 5) is 38.4. The molecule has 10 heteroatoms. The lowest BCUT2D eigenvalue weighted by atomic mass is 9.95. The SMILES string of the molecule is CCC(=O)Nc1ccc(Cl)c(NC(=O)C2CCN(C(=O)c3ccc(C(F)(F)F)cc3)CC2)c1. The van der Waals surface area contributed by atoms with Gasteiger partial charge in [0.1, 0.15) is 0 Å². The van der Waals surface area contributed by atoms with E-state index in [0.29, 0.717) is 48.7 Å². The second-order valence-electron chi connectivity index (χ2n) is 7.73. The highest BCUT2D eigenvalue weighted by Gasteiger charge is 2.31. The van der Waals surface area contributed by atoms with Crippen molar-refractivity contribution in [1.29, 1.82) is 0 Å². The number of likely N-dealkylation sites (tertiary alicyclic amines) is 1. The predicted molar refractivity (Wildman–Crippen MR) is 119 cm³/mol. The summed E-state index contributed by atoms with van der Waals surface area (Å²) in [6.45, 7) is 2.33. The third kappa shape index (κ3) is 6.25. The molecule has 1 aliphatic rings. The molecule has 0 radical (unpaired) electrons. The van der Waals surface area contributed by atoms with E-state index in [4.69, 9.17) is 11.6 Å². The smallest absolute Gasteiger partial charge is 0.339 e. The largest absolute Gasteiger partial charge is 0.416 e. The lowest BCUT2D eigenvalue weighted by molar-refractivity contribution is -0.137. The minimum absolute atomic E-state index is 0.167. The van der Waals surface area contributed by atoms with Crippen LogP contribution in [0.2, 0.25) is 5.02 Å². The van der Waals surface area contributed by atoms with Gasteiger partial charge in [-0.15, -0.1) is 0 Å².